The number of hydrogen-bond acceptors (Lipinski definition) is 1. The van der Waals surface area contributed by atoms with Gasteiger partial charge in [0.05, 0.1) is 6.10 Å². The normalized spacial score (nSPS) is 48.0. The van der Waals surface area contributed by atoms with Gasteiger partial charge in [0, 0.05) is 0 Å². The van der Waals surface area contributed by atoms with E-state index in [0.717, 1.165) is 54.3 Å². The van der Waals surface area contributed by atoms with E-state index in [0.29, 0.717) is 16.7 Å². The van der Waals surface area contributed by atoms with Crippen LogP contribution in [0.3, 0.4) is 0 Å². The van der Waals surface area contributed by atoms with Crippen molar-refractivity contribution in [3.05, 3.63) is 12.7 Å². The summed E-state index contributed by atoms with van der Waals surface area (Å²) in [6, 6.07) is 0. The number of allylic oxidation sites excluding steroid dienone is 1. The zero-order valence-electron chi connectivity index (χ0n) is 21.4. The second-order valence-corrected chi connectivity index (χ2v) is 13.5. The fraction of sp³-hybridized carbons (Fsp3) is 0.933. The quantitative estimate of drug-likeness (QED) is 0.404. The van der Waals surface area contributed by atoms with Crippen molar-refractivity contribution in [1.29, 1.82) is 0 Å². The molecule has 4 saturated carbocycles. The maximum Gasteiger partial charge on any atom is 0.0574 e. The van der Waals surface area contributed by atoms with Crippen LogP contribution in [0.5, 0.6) is 0 Å². The summed E-state index contributed by atoms with van der Waals surface area (Å²) in [6.07, 6.45) is 18.2. The maximum atomic E-state index is 10.8. The Morgan fingerprint density at radius 1 is 0.968 bits per heavy atom. The van der Waals surface area contributed by atoms with Crippen molar-refractivity contribution in [2.45, 2.75) is 118 Å². The molecule has 3 unspecified atom stereocenters. The number of aliphatic hydroxyl groups is 1. The first kappa shape index (κ1) is 23.8. The summed E-state index contributed by atoms with van der Waals surface area (Å²) in [5.41, 5.74) is 1.05. The zero-order valence-corrected chi connectivity index (χ0v) is 21.4. The first-order valence-electron chi connectivity index (χ1n) is 14.0. The zero-order chi connectivity index (χ0) is 22.4. The van der Waals surface area contributed by atoms with Crippen molar-refractivity contribution < 1.29 is 5.11 Å². The van der Waals surface area contributed by atoms with Gasteiger partial charge in [-0.2, -0.15) is 0 Å². The predicted octanol–water partition coefficient (Wildman–Crippen LogP) is 8.27. The van der Waals surface area contributed by atoms with Crippen molar-refractivity contribution >= 4 is 0 Å². The molecule has 0 aromatic carbocycles. The molecule has 0 saturated heterocycles. The minimum absolute atomic E-state index is 0.0935. The summed E-state index contributed by atoms with van der Waals surface area (Å²) in [6.45, 7) is 16.7. The summed E-state index contributed by atoms with van der Waals surface area (Å²) >= 11 is 0. The highest BCUT2D eigenvalue weighted by Gasteiger charge is 2.61. The highest BCUT2D eigenvalue weighted by molar-refractivity contribution is 5.10. The molecular weight excluding hydrogens is 376 g/mol. The van der Waals surface area contributed by atoms with Gasteiger partial charge in [0.15, 0.2) is 0 Å². The molecule has 4 aliphatic rings. The monoisotopic (exact) mass is 428 g/mol. The van der Waals surface area contributed by atoms with Gasteiger partial charge in [-0.1, -0.05) is 60.0 Å². The molecule has 0 aromatic heterocycles. The summed E-state index contributed by atoms with van der Waals surface area (Å²) in [5.74, 6) is 6.73. The lowest BCUT2D eigenvalue weighted by molar-refractivity contribution is -0.144. The Morgan fingerprint density at radius 2 is 1.71 bits per heavy atom. The van der Waals surface area contributed by atoms with E-state index in [4.69, 9.17) is 0 Å². The van der Waals surface area contributed by atoms with Crippen LogP contribution in [0.4, 0.5) is 0 Å². The molecule has 31 heavy (non-hydrogen) atoms. The van der Waals surface area contributed by atoms with Crippen LogP contribution in [0, 0.1) is 58.2 Å². The van der Waals surface area contributed by atoms with Gasteiger partial charge in [-0.05, 0) is 116 Å². The molecule has 0 heterocycles. The molecule has 0 amide bonds. The van der Waals surface area contributed by atoms with Crippen LogP contribution in [0.15, 0.2) is 12.7 Å². The van der Waals surface area contributed by atoms with Crippen molar-refractivity contribution in [1.82, 2.24) is 0 Å². The Balaban J connectivity index is 1.48. The lowest BCUT2D eigenvalue weighted by Gasteiger charge is -2.62. The van der Waals surface area contributed by atoms with E-state index >= 15 is 0 Å². The van der Waals surface area contributed by atoms with Crippen LogP contribution in [-0.4, -0.2) is 11.2 Å². The lowest BCUT2D eigenvalue weighted by atomic mass is 9.43. The molecule has 0 aliphatic heterocycles. The second kappa shape index (κ2) is 9.15. The number of hydrogen-bond donors (Lipinski definition) is 1. The summed E-state index contributed by atoms with van der Waals surface area (Å²) in [7, 11) is 0. The van der Waals surface area contributed by atoms with Crippen LogP contribution in [0.25, 0.3) is 0 Å². The Morgan fingerprint density at radius 3 is 2.42 bits per heavy atom. The predicted molar refractivity (Wildman–Crippen MR) is 133 cm³/mol. The van der Waals surface area contributed by atoms with Gasteiger partial charge in [0.1, 0.15) is 0 Å². The van der Waals surface area contributed by atoms with E-state index in [1.165, 1.54) is 64.2 Å². The van der Waals surface area contributed by atoms with Gasteiger partial charge in [0.2, 0.25) is 0 Å². The largest absolute Gasteiger partial charge is 0.393 e. The van der Waals surface area contributed by atoms with Gasteiger partial charge in [0.25, 0.3) is 0 Å². The third-order valence-electron chi connectivity index (χ3n) is 11.5. The highest BCUT2D eigenvalue weighted by atomic mass is 16.3. The smallest absolute Gasteiger partial charge is 0.0574 e. The number of rotatable bonds is 7. The Bertz CT molecular complexity index is 624. The summed E-state index contributed by atoms with van der Waals surface area (Å²) in [4.78, 5) is 0. The van der Waals surface area contributed by atoms with Gasteiger partial charge in [-0.25, -0.2) is 0 Å². The van der Waals surface area contributed by atoms with Crippen LogP contribution >= 0.6 is 0 Å². The maximum absolute atomic E-state index is 10.8. The van der Waals surface area contributed by atoms with E-state index in [-0.39, 0.29) is 6.10 Å². The van der Waals surface area contributed by atoms with E-state index in [1.54, 1.807) is 0 Å². The first-order valence-corrected chi connectivity index (χ1v) is 14.0. The van der Waals surface area contributed by atoms with E-state index < -0.39 is 0 Å². The number of fused-ring (bicyclic) bond motifs is 5. The minimum Gasteiger partial charge on any atom is -0.393 e. The van der Waals surface area contributed by atoms with E-state index in [2.05, 4.69) is 47.3 Å². The van der Waals surface area contributed by atoms with Crippen LogP contribution in [0.1, 0.15) is 112 Å². The average Bonchev–Trinajstić information content (AvgIpc) is 3.06. The Kier molecular flexibility index (Phi) is 7.04. The average molecular weight is 429 g/mol. The van der Waals surface area contributed by atoms with Gasteiger partial charge >= 0.3 is 0 Å². The minimum atomic E-state index is -0.0935. The van der Waals surface area contributed by atoms with Crippen molar-refractivity contribution in [2.75, 3.05) is 0 Å². The second-order valence-electron chi connectivity index (χ2n) is 13.5. The Labute approximate surface area is 193 Å². The molecule has 178 valence electrons. The van der Waals surface area contributed by atoms with Gasteiger partial charge < -0.3 is 5.11 Å². The summed E-state index contributed by atoms with van der Waals surface area (Å²) in [5, 5.41) is 10.8. The first-order chi connectivity index (χ1) is 14.7. The van der Waals surface area contributed by atoms with Crippen molar-refractivity contribution in [3.8, 4) is 0 Å². The summed E-state index contributed by atoms with van der Waals surface area (Å²) < 4.78 is 0. The Hall–Kier alpha value is -0.300. The van der Waals surface area contributed by atoms with Crippen molar-refractivity contribution in [3.63, 3.8) is 0 Å². The SMILES string of the molecule is C=CCC1C[C@@]2(C)C(CC[C@H]3[C@@H]4CC[C@H]([C@H](C)CCCC(C)C)[C@@]4(C)CC[C@@H]32)CC1O. The molecule has 0 spiro atoms. The van der Waals surface area contributed by atoms with Gasteiger partial charge in [-0.15, -0.1) is 6.58 Å². The fourth-order valence-electron chi connectivity index (χ4n) is 9.90. The lowest BCUT2D eigenvalue weighted by Crippen LogP contribution is -2.55. The fourth-order valence-corrected chi connectivity index (χ4v) is 9.90. The molecular formula is C30H52O. The third-order valence-corrected chi connectivity index (χ3v) is 11.5. The topological polar surface area (TPSA) is 20.2 Å². The van der Waals surface area contributed by atoms with Gasteiger partial charge in [-0.3, -0.25) is 0 Å². The molecule has 4 fully saturated rings. The number of aliphatic hydroxyl groups excluding tert-OH is 1. The molecule has 1 N–H and O–H groups in total. The molecule has 10 atom stereocenters. The van der Waals surface area contributed by atoms with E-state index in [1.807, 2.05) is 0 Å². The highest BCUT2D eigenvalue weighted by Crippen LogP contribution is 2.68. The molecule has 0 bridgehead atoms. The van der Waals surface area contributed by atoms with Crippen LogP contribution < -0.4 is 0 Å². The molecule has 4 rings (SSSR count). The van der Waals surface area contributed by atoms with Crippen molar-refractivity contribution in [2.24, 2.45) is 58.2 Å². The standard InChI is InChI=1S/C30H52O/c1-7-9-22-19-30(6)23(18-28(22)31)12-13-24-26-15-14-25(21(4)11-8-10-20(2)3)29(26,5)17-16-27(24)30/h7,20-28,31H,1,8-19H2,2-6H3/t21-,22?,23?,24+,25-,26+,27+,28?,29-,30+/m1/s1. The third kappa shape index (κ3) is 4.20. The molecule has 1 nitrogen and oxygen atoms in total. The van der Waals surface area contributed by atoms with Crippen LogP contribution in [-0.2, 0) is 0 Å². The molecule has 0 radical (unpaired) electrons. The van der Waals surface area contributed by atoms with Crippen LogP contribution in [0.2, 0.25) is 0 Å². The molecule has 1 heteroatoms. The van der Waals surface area contributed by atoms with E-state index in [9.17, 15) is 5.11 Å². The molecule has 4 aliphatic carbocycles. The molecule has 0 aromatic rings.